The summed E-state index contributed by atoms with van der Waals surface area (Å²) in [4.78, 5) is 25.5. The molecule has 2 aliphatic rings. The van der Waals surface area contributed by atoms with Gasteiger partial charge in [0, 0.05) is 76.3 Å². The van der Waals surface area contributed by atoms with Crippen molar-refractivity contribution in [1.29, 1.82) is 0 Å². The van der Waals surface area contributed by atoms with Gasteiger partial charge in [0.25, 0.3) is 0 Å². The summed E-state index contributed by atoms with van der Waals surface area (Å²) in [7, 11) is 1.65. The Balaban J connectivity index is 1.06. The second kappa shape index (κ2) is 18.5. The molecule has 1 aromatic carbocycles. The molecular weight excluding hydrogens is 613 g/mol. The van der Waals surface area contributed by atoms with Gasteiger partial charge in [-0.15, -0.1) is 0 Å². The molecule has 4 unspecified atom stereocenters. The molecule has 2 saturated heterocycles. The number of hydrogen-bond acceptors (Lipinski definition) is 12. The molecule has 47 heavy (non-hydrogen) atoms. The minimum Gasteiger partial charge on any atom is -0.493 e. The maximum Gasteiger partial charge on any atom is 0.227 e. The average molecular weight is 664 g/mol. The van der Waals surface area contributed by atoms with Gasteiger partial charge in [-0.3, -0.25) is 4.79 Å². The van der Waals surface area contributed by atoms with E-state index < -0.39 is 36.8 Å². The Kier molecular flexibility index (Phi) is 14.5. The summed E-state index contributed by atoms with van der Waals surface area (Å²) < 4.78 is 25.7. The number of nitrogens with one attached hydrogen (secondary N) is 1. The first kappa shape index (κ1) is 36.8. The van der Waals surface area contributed by atoms with Gasteiger partial charge in [-0.25, -0.2) is 14.4 Å². The van der Waals surface area contributed by atoms with E-state index in [1.54, 1.807) is 24.1 Å². The fourth-order valence-electron chi connectivity index (χ4n) is 5.96. The summed E-state index contributed by atoms with van der Waals surface area (Å²) in [6.45, 7) is 3.55. The van der Waals surface area contributed by atoms with E-state index in [1.807, 2.05) is 12.4 Å². The zero-order valence-electron chi connectivity index (χ0n) is 27.1. The lowest BCUT2D eigenvalue weighted by Gasteiger charge is -2.39. The van der Waals surface area contributed by atoms with Crippen LogP contribution >= 0.6 is 0 Å². The lowest BCUT2D eigenvalue weighted by atomic mass is 9.92. The topological polar surface area (TPSA) is 181 Å². The lowest BCUT2D eigenvalue weighted by Crippen LogP contribution is -2.55. The van der Waals surface area contributed by atoms with E-state index in [0.717, 1.165) is 56.7 Å². The number of piperidine rings is 1. The Labute approximate surface area is 275 Å². The van der Waals surface area contributed by atoms with Gasteiger partial charge < -0.3 is 50.1 Å². The predicted octanol–water partition coefficient (Wildman–Crippen LogP) is 0.254. The Hall–Kier alpha value is -2.98. The molecule has 0 saturated carbocycles. The van der Waals surface area contributed by atoms with Gasteiger partial charge in [-0.2, -0.15) is 0 Å². The number of aromatic nitrogens is 2. The number of aliphatic hydroxyl groups is 5. The maximum atomic E-state index is 14.8. The molecule has 4 rings (SSSR count). The molecule has 0 radical (unpaired) electrons. The van der Waals surface area contributed by atoms with E-state index in [2.05, 4.69) is 20.2 Å². The van der Waals surface area contributed by atoms with Crippen LogP contribution in [0.25, 0.3) is 0 Å². The molecule has 14 heteroatoms. The second-order valence-electron chi connectivity index (χ2n) is 12.7. The number of amides is 1. The molecule has 262 valence electrons. The van der Waals surface area contributed by atoms with E-state index in [9.17, 15) is 29.6 Å². The van der Waals surface area contributed by atoms with Crippen molar-refractivity contribution in [3.05, 3.63) is 47.5 Å². The number of methoxy groups -OCH3 is 1. The molecule has 2 aromatic rings. The third-order valence-electron chi connectivity index (χ3n) is 8.96. The Morgan fingerprint density at radius 1 is 1.04 bits per heavy atom. The van der Waals surface area contributed by atoms with Gasteiger partial charge in [0.2, 0.25) is 11.9 Å². The number of benzene rings is 1. The fourth-order valence-corrected chi connectivity index (χ4v) is 5.96. The molecule has 13 nitrogen and oxygen atoms in total. The molecule has 6 N–H and O–H groups in total. The summed E-state index contributed by atoms with van der Waals surface area (Å²) in [5, 5.41) is 50.8. The quantitative estimate of drug-likeness (QED) is 0.113. The summed E-state index contributed by atoms with van der Waals surface area (Å²) >= 11 is 0. The minimum atomic E-state index is -1.67. The van der Waals surface area contributed by atoms with E-state index in [0.29, 0.717) is 50.1 Å². The smallest absolute Gasteiger partial charge is 0.227 e. The Morgan fingerprint density at radius 3 is 2.40 bits per heavy atom. The number of anilines is 1. The van der Waals surface area contributed by atoms with E-state index >= 15 is 0 Å². The largest absolute Gasteiger partial charge is 0.493 e. The van der Waals surface area contributed by atoms with Crippen LogP contribution in [0.1, 0.15) is 43.2 Å². The number of hydrogen-bond donors (Lipinski definition) is 6. The molecule has 4 atom stereocenters. The Bertz CT molecular complexity index is 1230. The van der Waals surface area contributed by atoms with Crippen molar-refractivity contribution in [2.24, 2.45) is 11.8 Å². The first-order valence-corrected chi connectivity index (χ1v) is 16.5. The van der Waals surface area contributed by atoms with Crippen LogP contribution in [0.15, 0.2) is 30.6 Å². The zero-order chi connectivity index (χ0) is 33.8. The number of rotatable bonds is 19. The van der Waals surface area contributed by atoms with E-state index in [-0.39, 0.29) is 24.8 Å². The highest BCUT2D eigenvalue weighted by molar-refractivity contribution is 5.79. The molecule has 2 fully saturated rings. The third-order valence-corrected chi connectivity index (χ3v) is 8.96. The highest BCUT2D eigenvalue weighted by Crippen LogP contribution is 2.25. The van der Waals surface area contributed by atoms with Crippen molar-refractivity contribution in [1.82, 2.24) is 20.2 Å². The SMILES string of the molecule is COCc1cnc(N2CCC(CCCCOc3ccc(CC(=O)N4CC(CNCC(O)C(O)C(O)C(O)CO)C4)c(F)c3)CC2)nc1. The summed E-state index contributed by atoms with van der Waals surface area (Å²) in [5.74, 6) is 1.36. The van der Waals surface area contributed by atoms with Crippen molar-refractivity contribution in [2.45, 2.75) is 69.5 Å². The van der Waals surface area contributed by atoms with Crippen LogP contribution in [0.2, 0.25) is 0 Å². The van der Waals surface area contributed by atoms with Crippen LogP contribution in [-0.4, -0.2) is 130 Å². The molecular formula is C33H50FN5O8. The molecule has 3 heterocycles. The van der Waals surface area contributed by atoms with E-state index in [1.165, 1.54) is 6.07 Å². The molecule has 0 bridgehead atoms. The number of carbonyl (C=O) groups is 1. The predicted molar refractivity (Wildman–Crippen MR) is 171 cm³/mol. The van der Waals surface area contributed by atoms with Gasteiger partial charge in [0.1, 0.15) is 29.9 Å². The van der Waals surface area contributed by atoms with Crippen molar-refractivity contribution in [3.63, 3.8) is 0 Å². The highest BCUT2D eigenvalue weighted by Gasteiger charge is 2.32. The molecule has 0 spiro atoms. The number of ether oxygens (including phenoxy) is 2. The minimum absolute atomic E-state index is 0.0393. The van der Waals surface area contributed by atoms with Crippen molar-refractivity contribution >= 4 is 11.9 Å². The first-order valence-electron chi connectivity index (χ1n) is 16.5. The first-order chi connectivity index (χ1) is 22.7. The summed E-state index contributed by atoms with van der Waals surface area (Å²) in [5.41, 5.74) is 1.27. The van der Waals surface area contributed by atoms with Gasteiger partial charge >= 0.3 is 0 Å². The standard InChI is InChI=1S/C33H50FN5O8/c1-46-21-23-15-36-33(37-16-23)38-9-7-22(8-10-38)4-2-3-11-47-26-6-5-25(27(34)13-26)12-30(43)39-18-24(19-39)14-35-17-28(41)31(44)32(45)29(42)20-40/h5-6,13,15-16,22,24,28-29,31-32,35,40-42,44-45H,2-4,7-12,14,17-21H2,1H3. The zero-order valence-corrected chi connectivity index (χ0v) is 27.1. The lowest BCUT2D eigenvalue weighted by molar-refractivity contribution is -0.136. The number of carbonyl (C=O) groups excluding carboxylic acids is 1. The maximum absolute atomic E-state index is 14.8. The van der Waals surface area contributed by atoms with Crippen LogP contribution in [0.5, 0.6) is 5.75 Å². The number of unbranched alkanes of at least 4 members (excludes halogenated alkanes) is 1. The van der Waals surface area contributed by atoms with Crippen LogP contribution in [-0.2, 0) is 22.6 Å². The molecule has 2 aliphatic heterocycles. The van der Waals surface area contributed by atoms with E-state index in [4.69, 9.17) is 14.6 Å². The Morgan fingerprint density at radius 2 is 1.74 bits per heavy atom. The van der Waals surface area contributed by atoms with Gasteiger partial charge in [0.15, 0.2) is 0 Å². The molecule has 0 aliphatic carbocycles. The molecule has 1 amide bonds. The van der Waals surface area contributed by atoms with Gasteiger partial charge in [-0.05, 0) is 43.2 Å². The highest BCUT2D eigenvalue weighted by atomic mass is 19.1. The average Bonchev–Trinajstić information content (AvgIpc) is 3.06. The van der Waals surface area contributed by atoms with Crippen LogP contribution < -0.4 is 15.0 Å². The molecule has 1 aromatic heterocycles. The fraction of sp³-hybridized carbons (Fsp3) is 0.667. The summed E-state index contributed by atoms with van der Waals surface area (Å²) in [6.07, 6.45) is 2.64. The van der Waals surface area contributed by atoms with Crippen molar-refractivity contribution in [2.75, 3.05) is 64.5 Å². The normalized spacial score (nSPS) is 18.4. The van der Waals surface area contributed by atoms with Crippen molar-refractivity contribution < 1.29 is 44.2 Å². The monoisotopic (exact) mass is 663 g/mol. The number of likely N-dealkylation sites (tertiary alicyclic amines) is 1. The number of aliphatic hydroxyl groups excluding tert-OH is 5. The third kappa shape index (κ3) is 11.0. The second-order valence-corrected chi connectivity index (χ2v) is 12.7. The van der Waals surface area contributed by atoms with Gasteiger partial charge in [-0.1, -0.05) is 12.5 Å². The van der Waals surface area contributed by atoms with Crippen LogP contribution in [0, 0.1) is 17.7 Å². The number of halogens is 1. The van der Waals surface area contributed by atoms with Gasteiger partial charge in [0.05, 0.1) is 32.3 Å². The number of nitrogens with zero attached hydrogens (tertiary/aromatic N) is 4. The van der Waals surface area contributed by atoms with Crippen molar-refractivity contribution in [3.8, 4) is 5.75 Å². The van der Waals surface area contributed by atoms with Crippen LogP contribution in [0.4, 0.5) is 10.3 Å². The summed E-state index contributed by atoms with van der Waals surface area (Å²) in [6, 6.07) is 4.63. The van der Waals surface area contributed by atoms with Crippen LogP contribution in [0.3, 0.4) is 0 Å².